The maximum Gasteiger partial charge on any atom is 0.240 e. The summed E-state index contributed by atoms with van der Waals surface area (Å²) in [5.41, 5.74) is 0. The third-order valence-corrected chi connectivity index (χ3v) is 4.65. The molecule has 0 spiro atoms. The predicted molar refractivity (Wildman–Crippen MR) is 78.4 cm³/mol. The van der Waals surface area contributed by atoms with Gasteiger partial charge in [0, 0.05) is 16.4 Å². The van der Waals surface area contributed by atoms with Gasteiger partial charge in [-0.2, -0.15) is 0 Å². The standard InChI is InChI=1S/C12H17BrClNO2S/c1-9(2)7-11(14)8-15-18(16,17)12-5-3-10(13)4-6-12/h3-6,9,11,15H,7-8H2,1-2H3. The Morgan fingerprint density at radius 1 is 1.28 bits per heavy atom. The minimum atomic E-state index is -3.46. The van der Waals surface area contributed by atoms with Crippen LogP contribution in [-0.2, 0) is 10.0 Å². The van der Waals surface area contributed by atoms with Gasteiger partial charge in [-0.15, -0.1) is 11.6 Å². The maximum absolute atomic E-state index is 11.9. The van der Waals surface area contributed by atoms with Gasteiger partial charge in [-0.1, -0.05) is 29.8 Å². The van der Waals surface area contributed by atoms with E-state index in [0.717, 1.165) is 10.9 Å². The van der Waals surface area contributed by atoms with Crippen LogP contribution in [0.4, 0.5) is 0 Å². The number of rotatable bonds is 6. The lowest BCUT2D eigenvalue weighted by Gasteiger charge is -2.13. The molecule has 0 radical (unpaired) electrons. The third kappa shape index (κ3) is 5.26. The summed E-state index contributed by atoms with van der Waals surface area (Å²) in [6, 6.07) is 6.50. The minimum absolute atomic E-state index is 0.185. The lowest BCUT2D eigenvalue weighted by Crippen LogP contribution is -2.30. The molecule has 1 rings (SSSR count). The third-order valence-electron chi connectivity index (χ3n) is 2.35. The lowest BCUT2D eigenvalue weighted by molar-refractivity contribution is 0.544. The average Bonchev–Trinajstić information content (AvgIpc) is 2.26. The Balaban J connectivity index is 2.63. The van der Waals surface area contributed by atoms with Gasteiger partial charge in [-0.25, -0.2) is 13.1 Å². The monoisotopic (exact) mass is 353 g/mol. The quantitative estimate of drug-likeness (QED) is 0.796. The van der Waals surface area contributed by atoms with Crippen LogP contribution in [0, 0.1) is 5.92 Å². The van der Waals surface area contributed by atoms with Gasteiger partial charge >= 0.3 is 0 Å². The largest absolute Gasteiger partial charge is 0.240 e. The zero-order valence-electron chi connectivity index (χ0n) is 10.4. The first kappa shape index (κ1) is 16.0. The van der Waals surface area contributed by atoms with E-state index in [1.54, 1.807) is 24.3 Å². The molecule has 18 heavy (non-hydrogen) atoms. The highest BCUT2D eigenvalue weighted by Crippen LogP contribution is 2.15. The second-order valence-corrected chi connectivity index (χ2v) is 7.83. The van der Waals surface area contributed by atoms with Crippen molar-refractivity contribution in [1.82, 2.24) is 4.72 Å². The first-order valence-corrected chi connectivity index (χ1v) is 8.42. The summed E-state index contributed by atoms with van der Waals surface area (Å²) in [5.74, 6) is 0.449. The number of halogens is 2. The fourth-order valence-electron chi connectivity index (χ4n) is 1.49. The van der Waals surface area contributed by atoms with Gasteiger partial charge in [-0.05, 0) is 36.6 Å². The van der Waals surface area contributed by atoms with Gasteiger partial charge in [0.25, 0.3) is 0 Å². The predicted octanol–water partition coefficient (Wildman–Crippen LogP) is 3.38. The molecule has 0 saturated heterocycles. The van der Waals surface area contributed by atoms with E-state index in [1.807, 2.05) is 0 Å². The second kappa shape index (κ2) is 6.89. The molecule has 6 heteroatoms. The van der Waals surface area contributed by atoms with Crippen molar-refractivity contribution in [2.24, 2.45) is 5.92 Å². The maximum atomic E-state index is 11.9. The van der Waals surface area contributed by atoms with E-state index < -0.39 is 10.0 Å². The number of hydrogen-bond donors (Lipinski definition) is 1. The Kier molecular flexibility index (Phi) is 6.11. The summed E-state index contributed by atoms with van der Waals surface area (Å²) < 4.78 is 27.3. The molecule has 0 aliphatic carbocycles. The zero-order valence-corrected chi connectivity index (χ0v) is 13.5. The summed E-state index contributed by atoms with van der Waals surface area (Å²) in [7, 11) is -3.46. The Morgan fingerprint density at radius 2 is 1.83 bits per heavy atom. The van der Waals surface area contributed by atoms with Crippen LogP contribution in [0.25, 0.3) is 0 Å². The van der Waals surface area contributed by atoms with Crippen LogP contribution >= 0.6 is 27.5 Å². The van der Waals surface area contributed by atoms with Crippen molar-refractivity contribution in [2.75, 3.05) is 6.54 Å². The molecule has 1 aromatic carbocycles. The van der Waals surface area contributed by atoms with Crippen LogP contribution < -0.4 is 4.72 Å². The molecular formula is C12H17BrClNO2S. The molecule has 0 aliphatic rings. The van der Waals surface area contributed by atoms with E-state index in [1.165, 1.54) is 0 Å². The first-order chi connectivity index (χ1) is 8.31. The van der Waals surface area contributed by atoms with E-state index in [4.69, 9.17) is 11.6 Å². The smallest absolute Gasteiger partial charge is 0.210 e. The molecule has 1 aromatic rings. The van der Waals surface area contributed by atoms with Gasteiger partial charge < -0.3 is 0 Å². The normalized spacial score (nSPS) is 13.8. The molecule has 1 N–H and O–H groups in total. The van der Waals surface area contributed by atoms with Crippen LogP contribution in [0.3, 0.4) is 0 Å². The number of hydrogen-bond acceptors (Lipinski definition) is 2. The molecule has 1 atom stereocenters. The van der Waals surface area contributed by atoms with E-state index in [2.05, 4.69) is 34.5 Å². The van der Waals surface area contributed by atoms with Crippen molar-refractivity contribution >= 4 is 37.6 Å². The molecule has 1 unspecified atom stereocenters. The van der Waals surface area contributed by atoms with Crippen molar-refractivity contribution < 1.29 is 8.42 Å². The molecule has 0 aromatic heterocycles. The molecular weight excluding hydrogens is 338 g/mol. The summed E-state index contributed by atoms with van der Waals surface area (Å²) in [6.07, 6.45) is 0.782. The highest BCUT2D eigenvalue weighted by Gasteiger charge is 2.16. The summed E-state index contributed by atoms with van der Waals surface area (Å²) in [5, 5.41) is -0.185. The average molecular weight is 355 g/mol. The minimum Gasteiger partial charge on any atom is -0.210 e. The van der Waals surface area contributed by atoms with Crippen molar-refractivity contribution in [3.63, 3.8) is 0 Å². The number of benzene rings is 1. The molecule has 0 aliphatic heterocycles. The molecule has 3 nitrogen and oxygen atoms in total. The van der Waals surface area contributed by atoms with Crippen LogP contribution in [0.15, 0.2) is 33.6 Å². The van der Waals surface area contributed by atoms with Gasteiger partial charge in [0.15, 0.2) is 0 Å². The van der Waals surface area contributed by atoms with E-state index in [9.17, 15) is 8.42 Å². The molecule has 0 bridgehead atoms. The van der Waals surface area contributed by atoms with E-state index >= 15 is 0 Å². The number of alkyl halides is 1. The van der Waals surface area contributed by atoms with Crippen molar-refractivity contribution in [3.8, 4) is 0 Å². The molecule has 102 valence electrons. The Bertz CT molecular complexity index is 473. The summed E-state index contributed by atoms with van der Waals surface area (Å²) in [6.45, 7) is 4.36. The van der Waals surface area contributed by atoms with Gasteiger partial charge in [0.2, 0.25) is 10.0 Å². The van der Waals surface area contributed by atoms with E-state index in [-0.39, 0.29) is 16.8 Å². The second-order valence-electron chi connectivity index (χ2n) is 4.53. The zero-order chi connectivity index (χ0) is 13.8. The fourth-order valence-corrected chi connectivity index (χ4v) is 3.36. The Hall–Kier alpha value is -0.100. The van der Waals surface area contributed by atoms with Crippen molar-refractivity contribution in [2.45, 2.75) is 30.5 Å². The van der Waals surface area contributed by atoms with Crippen LogP contribution in [0.1, 0.15) is 20.3 Å². The molecule has 0 saturated carbocycles. The van der Waals surface area contributed by atoms with Crippen molar-refractivity contribution in [1.29, 1.82) is 0 Å². The molecule has 0 heterocycles. The molecule has 0 fully saturated rings. The van der Waals surface area contributed by atoms with Gasteiger partial charge in [0.05, 0.1) is 4.90 Å². The summed E-state index contributed by atoms with van der Waals surface area (Å²) in [4.78, 5) is 0.249. The highest BCUT2D eigenvalue weighted by atomic mass is 79.9. The van der Waals surface area contributed by atoms with Crippen LogP contribution in [-0.4, -0.2) is 20.3 Å². The van der Waals surface area contributed by atoms with Gasteiger partial charge in [-0.3, -0.25) is 0 Å². The molecule has 0 amide bonds. The number of nitrogens with one attached hydrogen (secondary N) is 1. The lowest BCUT2D eigenvalue weighted by atomic mass is 10.1. The SMILES string of the molecule is CC(C)CC(Cl)CNS(=O)(=O)c1ccc(Br)cc1. The topological polar surface area (TPSA) is 46.2 Å². The number of sulfonamides is 1. The Labute approximate surface area is 122 Å². The van der Waals surface area contributed by atoms with Crippen LogP contribution in [0.5, 0.6) is 0 Å². The Morgan fingerprint density at radius 3 is 2.33 bits per heavy atom. The van der Waals surface area contributed by atoms with E-state index in [0.29, 0.717) is 5.92 Å². The fraction of sp³-hybridized carbons (Fsp3) is 0.500. The van der Waals surface area contributed by atoms with Crippen molar-refractivity contribution in [3.05, 3.63) is 28.7 Å². The van der Waals surface area contributed by atoms with Gasteiger partial charge in [0.1, 0.15) is 0 Å². The first-order valence-electron chi connectivity index (χ1n) is 5.70. The van der Waals surface area contributed by atoms with Crippen LogP contribution in [0.2, 0.25) is 0 Å². The highest BCUT2D eigenvalue weighted by molar-refractivity contribution is 9.10. The summed E-state index contributed by atoms with van der Waals surface area (Å²) >= 11 is 9.33.